The molecule has 3 aromatic heterocycles. The van der Waals surface area contributed by atoms with Crippen LogP contribution in [-0.2, 0) is 13.0 Å². The predicted octanol–water partition coefficient (Wildman–Crippen LogP) is 3.66. The maximum absolute atomic E-state index is 13.8. The van der Waals surface area contributed by atoms with Crippen LogP contribution >= 0.6 is 27.5 Å². The van der Waals surface area contributed by atoms with Gasteiger partial charge >= 0.3 is 0 Å². The molecule has 3 rings (SSSR count). The quantitative estimate of drug-likeness (QED) is 0.583. The zero-order chi connectivity index (χ0) is 19.7. The van der Waals surface area contributed by atoms with Crippen molar-refractivity contribution in [1.29, 1.82) is 0 Å². The van der Waals surface area contributed by atoms with E-state index in [2.05, 4.69) is 36.3 Å². The fourth-order valence-corrected chi connectivity index (χ4v) is 3.22. The number of fused-ring (bicyclic) bond motifs is 1. The second-order valence-electron chi connectivity index (χ2n) is 5.97. The van der Waals surface area contributed by atoms with E-state index >= 15 is 0 Å². The Kier molecular flexibility index (Phi) is 5.87. The van der Waals surface area contributed by atoms with Crippen molar-refractivity contribution in [2.75, 3.05) is 5.32 Å². The Labute approximate surface area is 166 Å². The van der Waals surface area contributed by atoms with Crippen molar-refractivity contribution < 1.29 is 13.2 Å². The van der Waals surface area contributed by atoms with E-state index in [0.717, 1.165) is 12.4 Å². The van der Waals surface area contributed by atoms with E-state index in [-0.39, 0.29) is 29.6 Å². The third kappa shape index (κ3) is 4.17. The zero-order valence-corrected chi connectivity index (χ0v) is 16.4. The summed E-state index contributed by atoms with van der Waals surface area (Å²) in [6.07, 6.45) is 0.916. The summed E-state index contributed by atoms with van der Waals surface area (Å²) in [6.45, 7) is 1.21. The molecule has 0 saturated carbocycles. The molecule has 0 aliphatic carbocycles. The number of hydrogen-bond acceptors (Lipinski definition) is 5. The molecule has 0 saturated heterocycles. The van der Waals surface area contributed by atoms with Gasteiger partial charge < -0.3 is 11.1 Å². The smallest absolute Gasteiger partial charge is 0.243 e. The molecule has 6 nitrogen and oxygen atoms in total. The van der Waals surface area contributed by atoms with Gasteiger partial charge in [-0.25, -0.2) is 17.7 Å². The SMILES string of the molecule is C[C@H](F)[C@H](N)Cc1cc2c(NCc3c(F)cncc3F)nc(Cl)nn2c1Br. The Morgan fingerprint density at radius 2 is 2.00 bits per heavy atom. The summed E-state index contributed by atoms with van der Waals surface area (Å²) >= 11 is 9.36. The summed E-state index contributed by atoms with van der Waals surface area (Å²) in [5, 5.41) is 6.87. The van der Waals surface area contributed by atoms with Crippen LogP contribution in [0.4, 0.5) is 19.0 Å². The fourth-order valence-electron chi connectivity index (χ4n) is 2.52. The van der Waals surface area contributed by atoms with Crippen molar-refractivity contribution in [3.63, 3.8) is 0 Å². The Morgan fingerprint density at radius 3 is 2.63 bits per heavy atom. The highest BCUT2D eigenvalue weighted by atomic mass is 79.9. The molecule has 0 bridgehead atoms. The first kappa shape index (κ1) is 19.8. The zero-order valence-electron chi connectivity index (χ0n) is 14.1. The van der Waals surface area contributed by atoms with Crippen LogP contribution in [0.2, 0.25) is 5.28 Å². The second kappa shape index (κ2) is 7.99. The molecule has 3 N–H and O–H groups in total. The van der Waals surface area contributed by atoms with Gasteiger partial charge in [0.2, 0.25) is 5.28 Å². The van der Waals surface area contributed by atoms with Crippen LogP contribution in [0.1, 0.15) is 18.1 Å². The van der Waals surface area contributed by atoms with Crippen LogP contribution in [0.15, 0.2) is 23.1 Å². The largest absolute Gasteiger partial charge is 0.364 e. The lowest BCUT2D eigenvalue weighted by Gasteiger charge is -2.11. The van der Waals surface area contributed by atoms with Crippen molar-refractivity contribution >= 4 is 38.9 Å². The fraction of sp³-hybridized carbons (Fsp3) is 0.312. The van der Waals surface area contributed by atoms with Gasteiger partial charge in [0.1, 0.15) is 27.9 Å². The van der Waals surface area contributed by atoms with E-state index in [1.54, 1.807) is 6.07 Å². The van der Waals surface area contributed by atoms with E-state index in [1.165, 1.54) is 11.4 Å². The lowest BCUT2D eigenvalue weighted by molar-refractivity contribution is 0.304. The van der Waals surface area contributed by atoms with Crippen molar-refractivity contribution in [1.82, 2.24) is 19.6 Å². The average molecular weight is 464 g/mol. The summed E-state index contributed by atoms with van der Waals surface area (Å²) in [5.74, 6) is -1.29. The summed E-state index contributed by atoms with van der Waals surface area (Å²) in [6, 6.07) is 1.02. The Bertz CT molecular complexity index is 960. The Morgan fingerprint density at radius 1 is 1.33 bits per heavy atom. The predicted molar refractivity (Wildman–Crippen MR) is 99.4 cm³/mol. The molecule has 0 spiro atoms. The molecule has 0 aliphatic rings. The molecule has 11 heteroatoms. The number of nitrogens with one attached hydrogen (secondary N) is 1. The molecule has 27 heavy (non-hydrogen) atoms. The van der Waals surface area contributed by atoms with Crippen LogP contribution in [0.5, 0.6) is 0 Å². The third-order valence-corrected chi connectivity index (χ3v) is 5.06. The second-order valence-corrected chi connectivity index (χ2v) is 7.06. The number of halogens is 5. The van der Waals surface area contributed by atoms with Gasteiger partial charge in [-0.15, -0.1) is 5.10 Å². The number of anilines is 1. The first-order valence-electron chi connectivity index (χ1n) is 7.93. The van der Waals surface area contributed by atoms with Crippen LogP contribution in [0.25, 0.3) is 5.52 Å². The number of alkyl halides is 1. The lowest BCUT2D eigenvalue weighted by atomic mass is 10.1. The van der Waals surface area contributed by atoms with Gasteiger partial charge in [0.25, 0.3) is 0 Å². The number of pyridine rings is 1. The first-order valence-corrected chi connectivity index (χ1v) is 9.10. The van der Waals surface area contributed by atoms with Gasteiger partial charge in [0, 0.05) is 18.2 Å². The van der Waals surface area contributed by atoms with Gasteiger partial charge in [-0.1, -0.05) is 0 Å². The molecule has 0 aromatic carbocycles. The van der Waals surface area contributed by atoms with Crippen LogP contribution < -0.4 is 11.1 Å². The molecule has 0 unspecified atom stereocenters. The van der Waals surface area contributed by atoms with Gasteiger partial charge in [-0.2, -0.15) is 4.98 Å². The lowest BCUT2D eigenvalue weighted by Crippen LogP contribution is -2.31. The number of rotatable bonds is 6. The summed E-state index contributed by atoms with van der Waals surface area (Å²) < 4.78 is 43.0. The standard InChI is InChI=1S/C16H15BrClF3N6/c1-7(19)12(22)2-8-3-13-15(25-16(18)26-27(13)14(8)17)24-4-9-10(20)5-23-6-11(9)21/h3,5-7,12H,2,4,22H2,1H3,(H,24,25,26)/t7-,12+/m0/s1. The molecule has 3 heterocycles. The number of hydrogen-bond donors (Lipinski definition) is 2. The first-order chi connectivity index (χ1) is 12.8. The third-order valence-electron chi connectivity index (χ3n) is 4.05. The normalized spacial score (nSPS) is 13.7. The van der Waals surface area contributed by atoms with E-state index in [9.17, 15) is 13.2 Å². The van der Waals surface area contributed by atoms with E-state index in [4.69, 9.17) is 17.3 Å². The van der Waals surface area contributed by atoms with E-state index in [1.807, 2.05) is 0 Å². The molecule has 0 amide bonds. The highest BCUT2D eigenvalue weighted by molar-refractivity contribution is 9.10. The molecule has 144 valence electrons. The van der Waals surface area contributed by atoms with Crippen LogP contribution in [-0.4, -0.2) is 31.8 Å². The number of aromatic nitrogens is 4. The minimum Gasteiger partial charge on any atom is -0.364 e. The molecule has 0 aliphatic heterocycles. The van der Waals surface area contributed by atoms with Crippen molar-refractivity contribution in [2.24, 2.45) is 5.73 Å². The molecular weight excluding hydrogens is 449 g/mol. The minimum atomic E-state index is -1.19. The van der Waals surface area contributed by atoms with E-state index < -0.39 is 23.8 Å². The topological polar surface area (TPSA) is 81.1 Å². The maximum Gasteiger partial charge on any atom is 0.243 e. The molecule has 2 atom stereocenters. The maximum atomic E-state index is 13.8. The minimum absolute atomic E-state index is 0.0771. The van der Waals surface area contributed by atoms with Gasteiger partial charge in [-0.3, -0.25) is 4.98 Å². The highest BCUT2D eigenvalue weighted by Crippen LogP contribution is 2.28. The van der Waals surface area contributed by atoms with E-state index in [0.29, 0.717) is 15.7 Å². The molecular formula is C16H15BrClF3N6. The van der Waals surface area contributed by atoms with Crippen molar-refractivity contribution in [3.8, 4) is 0 Å². The number of nitrogens with two attached hydrogens (primary N) is 1. The Balaban J connectivity index is 1.95. The van der Waals surface area contributed by atoms with Crippen LogP contribution in [0, 0.1) is 11.6 Å². The van der Waals surface area contributed by atoms with Crippen molar-refractivity contribution in [2.45, 2.75) is 32.1 Å². The number of nitrogens with zero attached hydrogens (tertiary/aromatic N) is 4. The highest BCUT2D eigenvalue weighted by Gasteiger charge is 2.19. The van der Waals surface area contributed by atoms with Gasteiger partial charge in [0.05, 0.1) is 12.4 Å². The summed E-state index contributed by atoms with van der Waals surface area (Å²) in [5.41, 5.74) is 6.82. The average Bonchev–Trinajstić information content (AvgIpc) is 2.90. The molecule has 0 fully saturated rings. The van der Waals surface area contributed by atoms with Crippen LogP contribution in [0.3, 0.4) is 0 Å². The molecule has 3 aromatic rings. The summed E-state index contributed by atoms with van der Waals surface area (Å²) in [4.78, 5) is 7.52. The van der Waals surface area contributed by atoms with Gasteiger partial charge in [-0.05, 0) is 52.5 Å². The van der Waals surface area contributed by atoms with Crippen molar-refractivity contribution in [3.05, 3.63) is 51.1 Å². The van der Waals surface area contributed by atoms with Gasteiger partial charge in [0.15, 0.2) is 5.82 Å². The molecule has 0 radical (unpaired) electrons. The summed E-state index contributed by atoms with van der Waals surface area (Å²) in [7, 11) is 0. The monoisotopic (exact) mass is 462 g/mol. The Hall–Kier alpha value is -1.91.